The number of hydrogen-bond donors (Lipinski definition) is 13. The molecule has 25 heteroatoms. The summed E-state index contributed by atoms with van der Waals surface area (Å²) in [5.74, 6) is -6.51. The first kappa shape index (κ1) is 55.5. The lowest BCUT2D eigenvalue weighted by Gasteiger charge is -2.27. The third-order valence-electron chi connectivity index (χ3n) is 10.1. The molecule has 0 aromatic heterocycles. The van der Waals surface area contributed by atoms with E-state index < -0.39 is 95.5 Å². The van der Waals surface area contributed by atoms with Crippen molar-refractivity contribution in [1.82, 2.24) is 42.5 Å². The minimum absolute atomic E-state index is 0.0170. The van der Waals surface area contributed by atoms with Crippen LogP contribution in [0, 0.1) is 0 Å². The molecule has 0 radical (unpaired) electrons. The summed E-state index contributed by atoms with van der Waals surface area (Å²) < 4.78 is 0. The van der Waals surface area contributed by atoms with Crippen LogP contribution in [0.4, 0.5) is 0 Å². The molecule has 0 saturated carbocycles. The first-order valence-corrected chi connectivity index (χ1v) is 23.0. The van der Waals surface area contributed by atoms with Crippen molar-refractivity contribution in [1.29, 1.82) is 0 Å². The third kappa shape index (κ3) is 21.8. The van der Waals surface area contributed by atoms with Crippen molar-refractivity contribution in [2.24, 2.45) is 38.7 Å². The van der Waals surface area contributed by atoms with Crippen LogP contribution in [0.3, 0.4) is 0 Å². The van der Waals surface area contributed by atoms with Crippen molar-refractivity contribution >= 4 is 76.8 Å². The Morgan fingerprint density at radius 3 is 1.97 bits per heavy atom. The number of thioether (sulfide) groups is 1. The van der Waals surface area contributed by atoms with Gasteiger partial charge >= 0.3 is 0 Å². The van der Waals surface area contributed by atoms with Gasteiger partial charge in [0.25, 0.3) is 0 Å². The van der Waals surface area contributed by atoms with Gasteiger partial charge in [-0.25, -0.2) is 0 Å². The molecule has 7 atom stereocenters. The number of carbonyl (C=O) groups is 9. The van der Waals surface area contributed by atoms with Crippen molar-refractivity contribution in [3.05, 3.63) is 35.9 Å². The Morgan fingerprint density at radius 1 is 0.758 bits per heavy atom. The zero-order chi connectivity index (χ0) is 49.2. The molecule has 1 fully saturated rings. The molecule has 1 aromatic rings. The van der Waals surface area contributed by atoms with E-state index >= 15 is 0 Å². The van der Waals surface area contributed by atoms with E-state index in [-0.39, 0.29) is 95.8 Å². The highest BCUT2D eigenvalue weighted by atomic mass is 32.2. The van der Waals surface area contributed by atoms with E-state index in [0.29, 0.717) is 11.3 Å². The fourth-order valence-electron chi connectivity index (χ4n) is 6.58. The van der Waals surface area contributed by atoms with E-state index in [9.17, 15) is 43.2 Å². The largest absolute Gasteiger partial charge is 0.370 e. The Labute approximate surface area is 388 Å². The van der Waals surface area contributed by atoms with E-state index in [1.54, 1.807) is 36.6 Å². The molecule has 1 aliphatic heterocycles. The Balaban J connectivity index is 2.62. The summed E-state index contributed by atoms with van der Waals surface area (Å²) >= 11 is 1.39. The van der Waals surface area contributed by atoms with Crippen LogP contribution < -0.4 is 71.2 Å². The summed E-state index contributed by atoms with van der Waals surface area (Å²) in [4.78, 5) is 129. The van der Waals surface area contributed by atoms with Crippen LogP contribution in [-0.4, -0.2) is 139 Å². The van der Waals surface area contributed by atoms with Crippen molar-refractivity contribution in [3.63, 3.8) is 0 Å². The van der Waals surface area contributed by atoms with E-state index in [1.165, 1.54) is 25.6 Å². The number of hydrogen-bond acceptors (Lipinski definition) is 12. The quantitative estimate of drug-likeness (QED) is 0.0400. The van der Waals surface area contributed by atoms with Crippen molar-refractivity contribution < 1.29 is 43.2 Å². The Morgan fingerprint density at radius 2 is 1.35 bits per heavy atom. The van der Waals surface area contributed by atoms with Crippen LogP contribution in [0.15, 0.2) is 40.3 Å². The van der Waals surface area contributed by atoms with Crippen LogP contribution >= 0.6 is 11.8 Å². The maximum Gasteiger partial charge on any atom is 0.243 e. The van der Waals surface area contributed by atoms with Gasteiger partial charge in [0.05, 0.1) is 0 Å². The van der Waals surface area contributed by atoms with Gasteiger partial charge in [-0.2, -0.15) is 11.8 Å². The van der Waals surface area contributed by atoms with E-state index in [4.69, 9.17) is 28.7 Å². The first-order valence-electron chi connectivity index (χ1n) is 21.6. The Bertz CT molecular complexity index is 1880. The number of primary amides is 1. The smallest absolute Gasteiger partial charge is 0.243 e. The molecule has 9 amide bonds. The molecule has 366 valence electrons. The molecule has 0 spiro atoms. The molecule has 4 unspecified atom stereocenters. The fourth-order valence-corrected chi connectivity index (χ4v) is 7.06. The minimum Gasteiger partial charge on any atom is -0.370 e. The van der Waals surface area contributed by atoms with Gasteiger partial charge in [0.15, 0.2) is 11.9 Å². The van der Waals surface area contributed by atoms with Crippen molar-refractivity contribution in [2.45, 2.75) is 120 Å². The predicted octanol–water partition coefficient (Wildman–Crippen LogP) is -4.30. The molecule has 0 bridgehead atoms. The topological polar surface area (TPSA) is 405 Å². The molecule has 1 aromatic carbocycles. The molecular formula is C41H67N15O9S. The summed E-state index contributed by atoms with van der Waals surface area (Å²) in [5.41, 5.74) is 28.0. The van der Waals surface area contributed by atoms with E-state index in [0.717, 1.165) is 0 Å². The number of guanidine groups is 2. The zero-order valence-electron chi connectivity index (χ0n) is 37.7. The van der Waals surface area contributed by atoms with Gasteiger partial charge in [-0.15, -0.1) is 0 Å². The van der Waals surface area contributed by atoms with Gasteiger partial charge in [-0.1, -0.05) is 30.3 Å². The van der Waals surface area contributed by atoms with Crippen molar-refractivity contribution in [2.75, 3.05) is 31.6 Å². The number of nitrogens with zero attached hydrogens (tertiary/aromatic N) is 2. The van der Waals surface area contributed by atoms with Crippen LogP contribution in [0.1, 0.15) is 77.2 Å². The highest BCUT2D eigenvalue weighted by molar-refractivity contribution is 7.98. The normalized spacial score (nSPS) is 22.3. The molecule has 18 N–H and O–H groups in total. The van der Waals surface area contributed by atoms with Crippen molar-refractivity contribution in [3.8, 4) is 0 Å². The number of carbonyl (C=O) groups excluding carboxylic acids is 9. The molecule has 2 rings (SSSR count). The lowest BCUT2D eigenvalue weighted by molar-refractivity contribution is -0.135. The number of aliphatic imine (C=N–C) groups is 2. The van der Waals surface area contributed by atoms with Crippen LogP contribution in [0.25, 0.3) is 0 Å². The number of amides is 9. The summed E-state index contributed by atoms with van der Waals surface area (Å²) in [6.07, 6.45) is 2.06. The number of nitrogens with one attached hydrogen (secondary N) is 8. The maximum atomic E-state index is 14.2. The number of nitrogens with two attached hydrogens (primary N) is 5. The van der Waals surface area contributed by atoms with Gasteiger partial charge in [0.2, 0.25) is 53.2 Å². The maximum absolute atomic E-state index is 14.2. The second-order valence-electron chi connectivity index (χ2n) is 15.6. The second kappa shape index (κ2) is 29.7. The number of rotatable bonds is 17. The zero-order valence-corrected chi connectivity index (χ0v) is 38.5. The van der Waals surface area contributed by atoms with Crippen LogP contribution in [0.2, 0.25) is 0 Å². The molecule has 0 aliphatic carbocycles. The van der Waals surface area contributed by atoms with E-state index in [2.05, 4.69) is 52.5 Å². The summed E-state index contributed by atoms with van der Waals surface area (Å²) in [7, 11) is 0. The highest BCUT2D eigenvalue weighted by Crippen LogP contribution is 2.11. The highest BCUT2D eigenvalue weighted by Gasteiger charge is 2.33. The Kier molecular flexibility index (Phi) is 25.0. The lowest BCUT2D eigenvalue weighted by Crippen LogP contribution is -2.60. The fraction of sp³-hybridized carbons (Fsp3) is 0.585. The molecule has 24 nitrogen and oxygen atoms in total. The Hall–Kier alpha value is -6.66. The summed E-state index contributed by atoms with van der Waals surface area (Å²) in [6.45, 7) is 2.71. The molecule has 1 saturated heterocycles. The molecular weight excluding hydrogens is 879 g/mol. The molecule has 1 heterocycles. The predicted molar refractivity (Wildman–Crippen MR) is 249 cm³/mol. The average molecular weight is 946 g/mol. The summed E-state index contributed by atoms with van der Waals surface area (Å²) in [5, 5.41) is 21.0. The first-order chi connectivity index (χ1) is 31.3. The minimum atomic E-state index is -1.33. The molecule has 66 heavy (non-hydrogen) atoms. The third-order valence-corrected chi connectivity index (χ3v) is 10.7. The van der Waals surface area contributed by atoms with Crippen LogP contribution in [-0.2, 0) is 49.6 Å². The average Bonchev–Trinajstić information content (AvgIpc) is 3.25. The number of benzene rings is 1. The van der Waals surface area contributed by atoms with Gasteiger partial charge in [0, 0.05) is 39.4 Å². The standard InChI is InChI=1S/C41H67N15O9S/c1-23-34(60)52-26(33(42)59)16-20-47-32(58)15-7-12-28(53-36(62)27(51-24(2)57)13-8-18-48-40(43)44)37(63)55-30(17-21-66-3)38(64)56-31(22-25-10-5-4-6-11-25)39(65)54-29(35(61)50-23)14-9-19-49-41(45)46/h4-6,10-11,23,26-31H,7-9,12-22H2,1-3H3,(H2,42,59)(H,47,58)(H,50,61)(H,51,57)(H,52,60)(H,53,62)(H,54,65)(H,55,63)(H,56,64)(H4,43,44,48)(H4,45,46,49)/t23-,26?,27-,28?,29?,30-,31?/m0/s1. The van der Waals surface area contributed by atoms with Gasteiger partial charge in [0.1, 0.15) is 42.3 Å². The molecule has 1 aliphatic rings. The van der Waals surface area contributed by atoms with Gasteiger partial charge in [-0.05, 0) is 75.9 Å². The van der Waals surface area contributed by atoms with Gasteiger partial charge < -0.3 is 71.2 Å². The van der Waals surface area contributed by atoms with Gasteiger partial charge in [-0.3, -0.25) is 53.1 Å². The SMILES string of the molecule is CSCC[C@@H]1NC(=O)C(NC(=O)[C@H](CCCN=C(N)N)NC(C)=O)CCCC(=O)NCCC(C(N)=O)NC(=O)[C@H](C)NC(=O)C(CCCN=C(N)N)NC(=O)C(Cc2ccccc2)NC1=O. The summed E-state index contributed by atoms with van der Waals surface area (Å²) in [6, 6.07) is -0.0704. The monoisotopic (exact) mass is 945 g/mol. The lowest BCUT2D eigenvalue weighted by atomic mass is 10.0. The van der Waals surface area contributed by atoms with Crippen LogP contribution in [0.5, 0.6) is 0 Å². The van der Waals surface area contributed by atoms with E-state index in [1.807, 2.05) is 0 Å². The second-order valence-corrected chi connectivity index (χ2v) is 16.6.